The van der Waals surface area contributed by atoms with E-state index in [0.29, 0.717) is 5.56 Å². The standard InChI is InChI=1S/C17H16N6O2/c18-17(25)16(13-4-2-1-3-5-13)20-15(24)10-12-6-8-14(9-7-12)23-11-19-21-22-23/h1-9,11,16H,10H2,(H2,18,25)(H,20,24)/t16-/m0/s1. The first-order valence-corrected chi connectivity index (χ1v) is 7.59. The monoisotopic (exact) mass is 336 g/mol. The Morgan fingerprint density at radius 1 is 1.08 bits per heavy atom. The maximum atomic E-state index is 12.3. The van der Waals surface area contributed by atoms with Crippen molar-refractivity contribution < 1.29 is 9.59 Å². The van der Waals surface area contributed by atoms with Crippen molar-refractivity contribution >= 4 is 11.8 Å². The summed E-state index contributed by atoms with van der Waals surface area (Å²) in [6.45, 7) is 0. The van der Waals surface area contributed by atoms with E-state index in [2.05, 4.69) is 20.8 Å². The van der Waals surface area contributed by atoms with Gasteiger partial charge in [0, 0.05) is 0 Å². The molecule has 25 heavy (non-hydrogen) atoms. The molecule has 126 valence electrons. The molecule has 2 aromatic carbocycles. The Bertz CT molecular complexity index is 847. The van der Waals surface area contributed by atoms with Crippen LogP contribution in [-0.4, -0.2) is 32.0 Å². The van der Waals surface area contributed by atoms with E-state index >= 15 is 0 Å². The Morgan fingerprint density at radius 3 is 2.40 bits per heavy atom. The highest BCUT2D eigenvalue weighted by Crippen LogP contribution is 2.13. The zero-order valence-electron chi connectivity index (χ0n) is 13.2. The molecule has 0 saturated carbocycles. The first-order valence-electron chi connectivity index (χ1n) is 7.59. The van der Waals surface area contributed by atoms with Crippen LogP contribution in [0, 0.1) is 0 Å². The molecule has 3 N–H and O–H groups in total. The maximum absolute atomic E-state index is 12.3. The molecule has 1 aromatic heterocycles. The predicted octanol–water partition coefficient (Wildman–Crippen LogP) is 0.548. The summed E-state index contributed by atoms with van der Waals surface area (Å²) in [6.07, 6.45) is 1.62. The summed E-state index contributed by atoms with van der Waals surface area (Å²) in [4.78, 5) is 23.9. The highest BCUT2D eigenvalue weighted by atomic mass is 16.2. The number of tetrazole rings is 1. The van der Waals surface area contributed by atoms with Crippen LogP contribution in [0.2, 0.25) is 0 Å². The lowest BCUT2D eigenvalue weighted by atomic mass is 10.1. The van der Waals surface area contributed by atoms with Gasteiger partial charge in [0.05, 0.1) is 12.1 Å². The van der Waals surface area contributed by atoms with E-state index in [1.54, 1.807) is 36.4 Å². The number of rotatable bonds is 6. The fourth-order valence-corrected chi connectivity index (χ4v) is 2.41. The molecule has 0 aliphatic rings. The van der Waals surface area contributed by atoms with Crippen molar-refractivity contribution in [3.63, 3.8) is 0 Å². The zero-order valence-corrected chi connectivity index (χ0v) is 13.2. The molecule has 2 amide bonds. The van der Waals surface area contributed by atoms with Crippen LogP contribution < -0.4 is 11.1 Å². The van der Waals surface area contributed by atoms with Crippen LogP contribution in [0.1, 0.15) is 17.2 Å². The average Bonchev–Trinajstić information content (AvgIpc) is 3.15. The Morgan fingerprint density at radius 2 is 1.80 bits per heavy atom. The summed E-state index contributed by atoms with van der Waals surface area (Å²) in [5, 5.41) is 13.6. The van der Waals surface area contributed by atoms with Gasteiger partial charge in [0.2, 0.25) is 11.8 Å². The number of nitrogens with one attached hydrogen (secondary N) is 1. The summed E-state index contributed by atoms with van der Waals surface area (Å²) in [6, 6.07) is 15.3. The molecule has 0 aliphatic heterocycles. The van der Waals surface area contributed by atoms with Gasteiger partial charge in [-0.25, -0.2) is 4.68 Å². The molecule has 0 radical (unpaired) electrons. The van der Waals surface area contributed by atoms with Gasteiger partial charge in [0.25, 0.3) is 0 Å². The lowest BCUT2D eigenvalue weighted by molar-refractivity contribution is -0.127. The number of nitrogens with zero attached hydrogens (tertiary/aromatic N) is 4. The smallest absolute Gasteiger partial charge is 0.244 e. The van der Waals surface area contributed by atoms with Gasteiger partial charge in [-0.2, -0.15) is 0 Å². The topological polar surface area (TPSA) is 116 Å². The van der Waals surface area contributed by atoms with Crippen LogP contribution in [0.25, 0.3) is 5.69 Å². The molecule has 0 bridgehead atoms. The number of aromatic nitrogens is 4. The van der Waals surface area contributed by atoms with Crippen molar-refractivity contribution in [1.82, 2.24) is 25.5 Å². The minimum absolute atomic E-state index is 0.131. The summed E-state index contributed by atoms with van der Waals surface area (Å²) < 4.78 is 1.52. The van der Waals surface area contributed by atoms with E-state index in [9.17, 15) is 9.59 Å². The number of primary amides is 1. The van der Waals surface area contributed by atoms with Gasteiger partial charge in [-0.1, -0.05) is 42.5 Å². The summed E-state index contributed by atoms with van der Waals surface area (Å²) >= 11 is 0. The number of hydrogen-bond acceptors (Lipinski definition) is 5. The van der Waals surface area contributed by atoms with E-state index in [-0.39, 0.29) is 12.3 Å². The minimum Gasteiger partial charge on any atom is -0.368 e. The highest BCUT2D eigenvalue weighted by molar-refractivity contribution is 5.88. The second-order valence-electron chi connectivity index (χ2n) is 5.41. The van der Waals surface area contributed by atoms with Gasteiger partial charge >= 0.3 is 0 Å². The van der Waals surface area contributed by atoms with Crippen LogP contribution in [0.3, 0.4) is 0 Å². The SMILES string of the molecule is NC(=O)[C@@H](NC(=O)Cc1ccc(-n2cnnn2)cc1)c1ccccc1. The second-order valence-corrected chi connectivity index (χ2v) is 5.41. The largest absolute Gasteiger partial charge is 0.368 e. The average molecular weight is 336 g/mol. The first-order chi connectivity index (χ1) is 12.1. The Kier molecular flexibility index (Phi) is 4.79. The summed E-state index contributed by atoms with van der Waals surface area (Å²) in [7, 11) is 0. The first kappa shape index (κ1) is 16.3. The van der Waals surface area contributed by atoms with Crippen molar-refractivity contribution in [2.24, 2.45) is 5.73 Å². The Labute approximate surface area is 143 Å². The maximum Gasteiger partial charge on any atom is 0.244 e. The van der Waals surface area contributed by atoms with Gasteiger partial charge < -0.3 is 11.1 Å². The van der Waals surface area contributed by atoms with Gasteiger partial charge in [0.15, 0.2) is 0 Å². The molecule has 0 spiro atoms. The van der Waals surface area contributed by atoms with E-state index in [1.165, 1.54) is 11.0 Å². The highest BCUT2D eigenvalue weighted by Gasteiger charge is 2.19. The molecule has 3 aromatic rings. The van der Waals surface area contributed by atoms with Crippen LogP contribution in [0.5, 0.6) is 0 Å². The number of carbonyl (C=O) groups excluding carboxylic acids is 2. The fraction of sp³-hybridized carbons (Fsp3) is 0.118. The third-order valence-electron chi connectivity index (χ3n) is 3.64. The second kappa shape index (κ2) is 7.35. The van der Waals surface area contributed by atoms with Crippen LogP contribution >= 0.6 is 0 Å². The van der Waals surface area contributed by atoms with Gasteiger partial charge in [-0.3, -0.25) is 9.59 Å². The number of amides is 2. The van der Waals surface area contributed by atoms with Crippen molar-refractivity contribution in [2.75, 3.05) is 0 Å². The van der Waals surface area contributed by atoms with Gasteiger partial charge in [-0.15, -0.1) is 5.10 Å². The quantitative estimate of drug-likeness (QED) is 0.682. The number of hydrogen-bond donors (Lipinski definition) is 2. The molecule has 0 saturated heterocycles. The molecule has 0 aliphatic carbocycles. The van der Waals surface area contributed by atoms with E-state index in [1.807, 2.05) is 18.2 Å². The molecule has 1 atom stereocenters. The van der Waals surface area contributed by atoms with Gasteiger partial charge in [0.1, 0.15) is 12.4 Å². The summed E-state index contributed by atoms with van der Waals surface area (Å²) in [5.74, 6) is -0.892. The predicted molar refractivity (Wildman–Crippen MR) is 89.4 cm³/mol. The normalized spacial score (nSPS) is 11.7. The molecular formula is C17H16N6O2. The number of carbonyl (C=O) groups is 2. The van der Waals surface area contributed by atoms with Gasteiger partial charge in [-0.05, 0) is 33.7 Å². The lowest BCUT2D eigenvalue weighted by Crippen LogP contribution is -2.38. The van der Waals surface area contributed by atoms with Crippen LogP contribution in [-0.2, 0) is 16.0 Å². The van der Waals surface area contributed by atoms with E-state index in [0.717, 1.165) is 11.3 Å². The lowest BCUT2D eigenvalue weighted by Gasteiger charge is -2.16. The Balaban J connectivity index is 1.66. The molecule has 8 nitrogen and oxygen atoms in total. The van der Waals surface area contributed by atoms with Crippen LogP contribution in [0.4, 0.5) is 0 Å². The third-order valence-corrected chi connectivity index (χ3v) is 3.64. The van der Waals surface area contributed by atoms with Crippen molar-refractivity contribution in [1.29, 1.82) is 0 Å². The van der Waals surface area contributed by atoms with E-state index < -0.39 is 11.9 Å². The zero-order chi connectivity index (χ0) is 17.6. The summed E-state index contributed by atoms with van der Waals surface area (Å²) in [5.41, 5.74) is 7.64. The molecule has 8 heteroatoms. The fourth-order valence-electron chi connectivity index (χ4n) is 2.41. The van der Waals surface area contributed by atoms with Crippen molar-refractivity contribution in [3.8, 4) is 5.69 Å². The Hall–Kier alpha value is -3.55. The number of nitrogens with two attached hydrogens (primary N) is 1. The molecule has 1 heterocycles. The van der Waals surface area contributed by atoms with Crippen LogP contribution in [0.15, 0.2) is 60.9 Å². The molecule has 3 rings (SSSR count). The number of benzene rings is 2. The van der Waals surface area contributed by atoms with Crippen molar-refractivity contribution in [3.05, 3.63) is 72.1 Å². The minimum atomic E-state index is -0.853. The molecular weight excluding hydrogens is 320 g/mol. The third kappa shape index (κ3) is 4.05. The molecule has 0 unspecified atom stereocenters. The van der Waals surface area contributed by atoms with Crippen molar-refractivity contribution in [2.45, 2.75) is 12.5 Å². The molecule has 0 fully saturated rings. The van der Waals surface area contributed by atoms with E-state index in [4.69, 9.17) is 5.73 Å².